The number of H-pyrrole nitrogens is 1. The van der Waals surface area contributed by atoms with Gasteiger partial charge in [0.2, 0.25) is 0 Å². The van der Waals surface area contributed by atoms with Crippen molar-refractivity contribution in [2.75, 3.05) is 5.32 Å². The molecule has 1 aromatic heterocycles. The summed E-state index contributed by atoms with van der Waals surface area (Å²) in [5.41, 5.74) is 2.50. The minimum atomic E-state index is -0.363. The first kappa shape index (κ1) is 11.2. The van der Waals surface area contributed by atoms with Crippen LogP contribution in [-0.2, 0) is 6.54 Å². The number of nitrogens with one attached hydrogen (secondary N) is 2. The van der Waals surface area contributed by atoms with Crippen LogP contribution in [0.3, 0.4) is 0 Å². The Hall–Kier alpha value is -2.28. The molecule has 0 aliphatic rings. The Morgan fingerprint density at radius 3 is 2.94 bits per heavy atom. The Labute approximate surface area is 98.9 Å². The average Bonchev–Trinajstić information content (AvgIpc) is 2.84. The number of anilines is 1. The van der Waals surface area contributed by atoms with Crippen molar-refractivity contribution in [1.29, 1.82) is 5.26 Å². The molecule has 0 saturated heterocycles. The first-order valence-corrected chi connectivity index (χ1v) is 5.27. The van der Waals surface area contributed by atoms with E-state index < -0.39 is 0 Å². The molecule has 1 heterocycles. The summed E-state index contributed by atoms with van der Waals surface area (Å²) < 4.78 is 13.5. The Bertz CT molecular complexity index is 553. The van der Waals surface area contributed by atoms with E-state index in [4.69, 9.17) is 5.26 Å². The number of hydrogen-bond acceptors (Lipinski definition) is 2. The third-order valence-corrected chi connectivity index (χ3v) is 2.61. The quantitative estimate of drug-likeness (QED) is 0.850. The summed E-state index contributed by atoms with van der Waals surface area (Å²) >= 11 is 0. The van der Waals surface area contributed by atoms with Crippen LogP contribution in [0.25, 0.3) is 0 Å². The molecule has 4 heteroatoms. The lowest BCUT2D eigenvalue weighted by Crippen LogP contribution is -2.03. The molecule has 2 N–H and O–H groups in total. The van der Waals surface area contributed by atoms with E-state index in [0.717, 1.165) is 5.69 Å². The largest absolute Gasteiger partial charge is 0.379 e. The SMILES string of the molecule is Cc1c(F)cc(C#N)cc1NCc1ccc[nH]1. The molecule has 0 unspecified atom stereocenters. The summed E-state index contributed by atoms with van der Waals surface area (Å²) in [4.78, 5) is 3.05. The standard InChI is InChI=1S/C13H12FN3/c1-9-12(14)5-10(7-15)6-13(9)17-8-11-3-2-4-16-11/h2-6,16-17H,8H2,1H3. The van der Waals surface area contributed by atoms with Crippen LogP contribution in [0.4, 0.5) is 10.1 Å². The monoisotopic (exact) mass is 229 g/mol. The second kappa shape index (κ2) is 4.71. The molecule has 0 amide bonds. The third-order valence-electron chi connectivity index (χ3n) is 2.61. The summed E-state index contributed by atoms with van der Waals surface area (Å²) in [6, 6.07) is 8.68. The molecule has 3 nitrogen and oxygen atoms in total. The van der Waals surface area contributed by atoms with Gasteiger partial charge in [0.25, 0.3) is 0 Å². The van der Waals surface area contributed by atoms with E-state index in [1.807, 2.05) is 24.4 Å². The van der Waals surface area contributed by atoms with Gasteiger partial charge in [-0.1, -0.05) is 0 Å². The van der Waals surface area contributed by atoms with Gasteiger partial charge in [0, 0.05) is 23.1 Å². The number of hydrogen-bond donors (Lipinski definition) is 2. The molecule has 17 heavy (non-hydrogen) atoms. The van der Waals surface area contributed by atoms with Crippen LogP contribution in [0.5, 0.6) is 0 Å². The lowest BCUT2D eigenvalue weighted by Gasteiger charge is -2.10. The van der Waals surface area contributed by atoms with Gasteiger partial charge in [-0.25, -0.2) is 4.39 Å². The fourth-order valence-corrected chi connectivity index (χ4v) is 1.59. The summed E-state index contributed by atoms with van der Waals surface area (Å²) in [6.07, 6.45) is 1.83. The first-order chi connectivity index (χ1) is 8.20. The lowest BCUT2D eigenvalue weighted by molar-refractivity contribution is 0.618. The number of aromatic amines is 1. The van der Waals surface area contributed by atoms with Crippen molar-refractivity contribution in [3.8, 4) is 6.07 Å². The molecule has 86 valence electrons. The summed E-state index contributed by atoms with van der Waals surface area (Å²) in [5.74, 6) is -0.363. The van der Waals surface area contributed by atoms with Crippen molar-refractivity contribution in [3.63, 3.8) is 0 Å². The number of aromatic nitrogens is 1. The van der Waals surface area contributed by atoms with Gasteiger partial charge in [-0.2, -0.15) is 5.26 Å². The number of halogens is 1. The molecular formula is C13H12FN3. The van der Waals surface area contributed by atoms with Crippen molar-refractivity contribution >= 4 is 5.69 Å². The highest BCUT2D eigenvalue weighted by Gasteiger charge is 2.06. The Morgan fingerprint density at radius 2 is 2.29 bits per heavy atom. The average molecular weight is 229 g/mol. The van der Waals surface area contributed by atoms with Crippen LogP contribution in [0.15, 0.2) is 30.5 Å². The molecule has 0 spiro atoms. The number of benzene rings is 1. The predicted octanol–water partition coefficient (Wildman–Crippen LogP) is 2.95. The zero-order chi connectivity index (χ0) is 12.3. The van der Waals surface area contributed by atoms with E-state index in [1.165, 1.54) is 6.07 Å². The fourth-order valence-electron chi connectivity index (χ4n) is 1.59. The van der Waals surface area contributed by atoms with Crippen LogP contribution in [0, 0.1) is 24.1 Å². The summed E-state index contributed by atoms with van der Waals surface area (Å²) in [5, 5.41) is 11.9. The second-order valence-electron chi connectivity index (χ2n) is 3.79. The maximum absolute atomic E-state index is 13.5. The zero-order valence-corrected chi connectivity index (χ0v) is 9.42. The van der Waals surface area contributed by atoms with E-state index >= 15 is 0 Å². The predicted molar refractivity (Wildman–Crippen MR) is 64.0 cm³/mol. The van der Waals surface area contributed by atoms with Crippen molar-refractivity contribution in [2.45, 2.75) is 13.5 Å². The molecule has 0 saturated carbocycles. The van der Waals surface area contributed by atoms with E-state index in [-0.39, 0.29) is 5.82 Å². The van der Waals surface area contributed by atoms with Crippen molar-refractivity contribution in [2.24, 2.45) is 0 Å². The van der Waals surface area contributed by atoms with Gasteiger partial charge in [-0.15, -0.1) is 0 Å². The topological polar surface area (TPSA) is 51.6 Å². The van der Waals surface area contributed by atoms with E-state index in [0.29, 0.717) is 23.4 Å². The first-order valence-electron chi connectivity index (χ1n) is 5.27. The van der Waals surface area contributed by atoms with E-state index in [2.05, 4.69) is 10.3 Å². The maximum atomic E-state index is 13.5. The van der Waals surface area contributed by atoms with Crippen LogP contribution >= 0.6 is 0 Å². The fraction of sp³-hybridized carbons (Fsp3) is 0.154. The van der Waals surface area contributed by atoms with Crippen LogP contribution in [-0.4, -0.2) is 4.98 Å². The van der Waals surface area contributed by atoms with E-state index in [1.54, 1.807) is 13.0 Å². The molecular weight excluding hydrogens is 217 g/mol. The molecule has 1 aromatic carbocycles. The second-order valence-corrected chi connectivity index (χ2v) is 3.79. The lowest BCUT2D eigenvalue weighted by atomic mass is 10.1. The van der Waals surface area contributed by atoms with Gasteiger partial charge in [0.15, 0.2) is 0 Å². The summed E-state index contributed by atoms with van der Waals surface area (Å²) in [6.45, 7) is 2.26. The highest BCUT2D eigenvalue weighted by atomic mass is 19.1. The van der Waals surface area contributed by atoms with Gasteiger partial charge in [0.1, 0.15) is 5.82 Å². The van der Waals surface area contributed by atoms with Gasteiger partial charge in [0.05, 0.1) is 18.2 Å². The number of nitrogens with zero attached hydrogens (tertiary/aromatic N) is 1. The molecule has 0 bridgehead atoms. The minimum Gasteiger partial charge on any atom is -0.379 e. The number of rotatable bonds is 3. The molecule has 0 radical (unpaired) electrons. The molecule has 2 rings (SSSR count). The Morgan fingerprint density at radius 1 is 1.47 bits per heavy atom. The molecule has 0 aliphatic carbocycles. The Kier molecular flexibility index (Phi) is 3.10. The third kappa shape index (κ3) is 2.45. The van der Waals surface area contributed by atoms with E-state index in [9.17, 15) is 4.39 Å². The Balaban J connectivity index is 2.20. The minimum absolute atomic E-state index is 0.321. The van der Waals surface area contributed by atoms with Gasteiger partial charge in [-0.05, 0) is 31.2 Å². The molecule has 2 aromatic rings. The molecule has 0 fully saturated rings. The number of nitriles is 1. The smallest absolute Gasteiger partial charge is 0.129 e. The van der Waals surface area contributed by atoms with Crippen LogP contribution < -0.4 is 5.32 Å². The highest BCUT2D eigenvalue weighted by Crippen LogP contribution is 2.20. The van der Waals surface area contributed by atoms with Gasteiger partial charge in [-0.3, -0.25) is 0 Å². The van der Waals surface area contributed by atoms with Gasteiger partial charge >= 0.3 is 0 Å². The maximum Gasteiger partial charge on any atom is 0.129 e. The van der Waals surface area contributed by atoms with Crippen molar-refractivity contribution in [3.05, 3.63) is 53.1 Å². The molecule has 0 atom stereocenters. The molecule has 0 aliphatic heterocycles. The van der Waals surface area contributed by atoms with Crippen molar-refractivity contribution < 1.29 is 4.39 Å². The van der Waals surface area contributed by atoms with Gasteiger partial charge < -0.3 is 10.3 Å². The zero-order valence-electron chi connectivity index (χ0n) is 9.42. The van der Waals surface area contributed by atoms with Crippen LogP contribution in [0.1, 0.15) is 16.8 Å². The highest BCUT2D eigenvalue weighted by molar-refractivity contribution is 5.55. The normalized spacial score (nSPS) is 9.94. The summed E-state index contributed by atoms with van der Waals surface area (Å²) in [7, 11) is 0. The van der Waals surface area contributed by atoms with Crippen LogP contribution in [0.2, 0.25) is 0 Å². The van der Waals surface area contributed by atoms with Crippen molar-refractivity contribution in [1.82, 2.24) is 4.98 Å².